The van der Waals surface area contributed by atoms with E-state index in [0.717, 1.165) is 21.6 Å². The van der Waals surface area contributed by atoms with Crippen molar-refractivity contribution >= 4 is 23.1 Å². The Bertz CT molecular complexity index is 1110. The average molecular weight is 510 g/mol. The highest BCUT2D eigenvalue weighted by molar-refractivity contribution is 7.10. The van der Waals surface area contributed by atoms with Gasteiger partial charge < -0.3 is 47.5 Å². The van der Waals surface area contributed by atoms with Crippen LogP contribution in [0.25, 0.3) is 21.6 Å². The van der Waals surface area contributed by atoms with Crippen LogP contribution in [0.4, 0.5) is 5.69 Å². The predicted molar refractivity (Wildman–Crippen MR) is 126 cm³/mol. The molecule has 3 aromatic rings. The smallest absolute Gasteiger partial charge is 0.285 e. The third-order valence-electron chi connectivity index (χ3n) is 5.18. The van der Waals surface area contributed by atoms with Gasteiger partial charge in [0.25, 0.3) is 5.91 Å². The van der Waals surface area contributed by atoms with Crippen LogP contribution in [-0.2, 0) is 4.79 Å². The monoisotopic (exact) mass is 509 g/mol. The maximum Gasteiger partial charge on any atom is 0.285 e. The molecule has 1 unspecified atom stereocenters. The molecular formula is C23H28ClN3O6S. The van der Waals surface area contributed by atoms with Gasteiger partial charge in [0, 0.05) is 17.3 Å². The Balaban J connectivity index is 0.00000408. The SMILES string of the molecule is COc1ccc(-c2cnsc2-c2cc(OC)c(OC)c(OC)c2)cc1NC(=O)[C@H]([NH3+])C(C)O.[Cl-]. The lowest BCUT2D eigenvalue weighted by atomic mass is 10.0. The van der Waals surface area contributed by atoms with Gasteiger partial charge in [-0.2, -0.15) is 4.37 Å². The number of ether oxygens (including phenoxy) is 4. The number of aliphatic hydroxyl groups is 1. The van der Waals surface area contributed by atoms with Crippen molar-refractivity contribution in [3.05, 3.63) is 36.5 Å². The lowest BCUT2D eigenvalue weighted by molar-refractivity contribution is -0.418. The molecule has 3 rings (SSSR count). The van der Waals surface area contributed by atoms with E-state index in [9.17, 15) is 9.90 Å². The van der Waals surface area contributed by atoms with Gasteiger partial charge in [0.1, 0.15) is 11.9 Å². The van der Waals surface area contributed by atoms with Crippen molar-refractivity contribution in [1.29, 1.82) is 0 Å². The maximum absolute atomic E-state index is 12.5. The lowest BCUT2D eigenvalue weighted by Crippen LogP contribution is -3.00. The highest BCUT2D eigenvalue weighted by atomic mass is 35.5. The molecule has 0 bridgehead atoms. The number of carbonyl (C=O) groups is 1. The number of methoxy groups -OCH3 is 4. The van der Waals surface area contributed by atoms with Crippen LogP contribution in [0.2, 0.25) is 0 Å². The number of hydrogen-bond acceptors (Lipinski definition) is 8. The van der Waals surface area contributed by atoms with E-state index in [1.165, 1.54) is 25.6 Å². The first-order chi connectivity index (χ1) is 15.8. The molecule has 2 atom stereocenters. The summed E-state index contributed by atoms with van der Waals surface area (Å²) in [5.74, 6) is 1.66. The predicted octanol–water partition coefficient (Wildman–Crippen LogP) is -0.555. The van der Waals surface area contributed by atoms with Gasteiger partial charge in [-0.3, -0.25) is 4.79 Å². The van der Waals surface area contributed by atoms with Crippen LogP contribution in [0.3, 0.4) is 0 Å². The first-order valence-electron chi connectivity index (χ1n) is 10.1. The van der Waals surface area contributed by atoms with E-state index in [2.05, 4.69) is 15.4 Å². The summed E-state index contributed by atoms with van der Waals surface area (Å²) < 4.78 is 26.2. The van der Waals surface area contributed by atoms with Crippen LogP contribution in [0.15, 0.2) is 36.5 Å². The molecule has 11 heteroatoms. The Kier molecular flexibility index (Phi) is 9.51. The fourth-order valence-electron chi connectivity index (χ4n) is 3.28. The van der Waals surface area contributed by atoms with E-state index >= 15 is 0 Å². The van der Waals surface area contributed by atoms with E-state index in [0.29, 0.717) is 28.7 Å². The number of carbonyl (C=O) groups excluding carboxylic acids is 1. The summed E-state index contributed by atoms with van der Waals surface area (Å²) in [6, 6.07) is 8.35. The Labute approximate surface area is 208 Å². The molecule has 0 radical (unpaired) electrons. The van der Waals surface area contributed by atoms with Crippen molar-refractivity contribution in [2.24, 2.45) is 0 Å². The number of nitrogens with one attached hydrogen (secondary N) is 1. The molecule has 9 nitrogen and oxygen atoms in total. The quantitative estimate of drug-likeness (QED) is 0.353. The minimum absolute atomic E-state index is 0. The summed E-state index contributed by atoms with van der Waals surface area (Å²) >= 11 is 1.32. The number of aromatic nitrogens is 1. The standard InChI is InChI=1S/C23H27N3O6S.ClH/c1-12(27)20(24)23(28)26-16-8-13(6-7-17(16)29-2)15-11-25-33-22(15)14-9-18(30-3)21(32-5)19(10-14)31-4;/h6-12,20,27H,24H2,1-5H3,(H,26,28);1H/t12?,20-;/m1./s1. The summed E-state index contributed by atoms with van der Waals surface area (Å²) in [6.07, 6.45) is 0.878. The van der Waals surface area contributed by atoms with Gasteiger partial charge in [-0.05, 0) is 48.3 Å². The zero-order chi connectivity index (χ0) is 24.1. The van der Waals surface area contributed by atoms with E-state index in [4.69, 9.17) is 18.9 Å². The van der Waals surface area contributed by atoms with Gasteiger partial charge in [0.05, 0.1) is 39.0 Å². The molecule has 1 heterocycles. The van der Waals surface area contributed by atoms with Gasteiger partial charge in [0.15, 0.2) is 17.5 Å². The molecule has 0 aliphatic rings. The molecule has 0 spiro atoms. The Morgan fingerprint density at radius 1 is 1.00 bits per heavy atom. The van der Waals surface area contributed by atoms with E-state index in [1.54, 1.807) is 39.7 Å². The number of rotatable bonds is 9. The van der Waals surface area contributed by atoms with Crippen LogP contribution < -0.4 is 42.4 Å². The third kappa shape index (κ3) is 5.53. The van der Waals surface area contributed by atoms with Gasteiger partial charge in [-0.15, -0.1) is 0 Å². The van der Waals surface area contributed by atoms with Crippen LogP contribution in [0.1, 0.15) is 6.92 Å². The summed E-state index contributed by atoms with van der Waals surface area (Å²) in [5.41, 5.74) is 6.70. The third-order valence-corrected chi connectivity index (χ3v) is 6.03. The Morgan fingerprint density at radius 2 is 1.62 bits per heavy atom. The second-order valence-electron chi connectivity index (χ2n) is 7.23. The zero-order valence-corrected chi connectivity index (χ0v) is 21.1. The lowest BCUT2D eigenvalue weighted by Gasteiger charge is -2.16. The number of amides is 1. The zero-order valence-electron chi connectivity index (χ0n) is 19.5. The minimum atomic E-state index is -0.883. The average Bonchev–Trinajstić information content (AvgIpc) is 3.32. The second kappa shape index (κ2) is 11.9. The maximum atomic E-state index is 12.5. The van der Waals surface area contributed by atoms with Crippen LogP contribution >= 0.6 is 11.5 Å². The summed E-state index contributed by atoms with van der Waals surface area (Å²) in [7, 11) is 6.21. The second-order valence-corrected chi connectivity index (χ2v) is 8.04. The van der Waals surface area contributed by atoms with Crippen molar-refractivity contribution in [3.8, 4) is 44.6 Å². The van der Waals surface area contributed by atoms with Crippen molar-refractivity contribution < 1.29 is 47.0 Å². The fourth-order valence-corrected chi connectivity index (χ4v) is 4.04. The molecule has 0 aliphatic heterocycles. The molecular weight excluding hydrogens is 482 g/mol. The van der Waals surface area contributed by atoms with Crippen LogP contribution in [0, 0.1) is 0 Å². The van der Waals surface area contributed by atoms with E-state index in [1.807, 2.05) is 18.2 Å². The molecule has 0 fully saturated rings. The Hall–Kier alpha value is -3.05. The van der Waals surface area contributed by atoms with Crippen molar-refractivity contribution in [3.63, 3.8) is 0 Å². The number of benzene rings is 2. The first kappa shape index (κ1) is 27.2. The summed E-state index contributed by atoms with van der Waals surface area (Å²) in [6.45, 7) is 1.52. The molecule has 1 amide bonds. The minimum Gasteiger partial charge on any atom is -1.00 e. The number of quaternary nitrogens is 1. The van der Waals surface area contributed by atoms with E-state index < -0.39 is 18.1 Å². The normalized spacial score (nSPS) is 12.2. The van der Waals surface area contributed by atoms with Crippen LogP contribution in [-0.4, -0.2) is 56.0 Å². The first-order valence-corrected chi connectivity index (χ1v) is 10.9. The van der Waals surface area contributed by atoms with Crippen molar-refractivity contribution in [1.82, 2.24) is 4.37 Å². The van der Waals surface area contributed by atoms with Gasteiger partial charge >= 0.3 is 0 Å². The number of halogens is 1. The largest absolute Gasteiger partial charge is 1.00 e. The van der Waals surface area contributed by atoms with Gasteiger partial charge in [-0.25, -0.2) is 0 Å². The molecule has 34 heavy (non-hydrogen) atoms. The summed E-state index contributed by atoms with van der Waals surface area (Å²) in [5, 5.41) is 12.5. The van der Waals surface area contributed by atoms with Gasteiger partial charge in [0.2, 0.25) is 5.75 Å². The number of anilines is 1. The number of nitrogens with zero attached hydrogens (tertiary/aromatic N) is 1. The van der Waals surface area contributed by atoms with Crippen molar-refractivity contribution in [2.45, 2.75) is 19.1 Å². The topological polar surface area (TPSA) is 127 Å². The highest BCUT2D eigenvalue weighted by Crippen LogP contribution is 2.45. The molecule has 0 saturated carbocycles. The highest BCUT2D eigenvalue weighted by Gasteiger charge is 2.24. The number of aliphatic hydroxyl groups excluding tert-OH is 1. The molecule has 2 aromatic carbocycles. The molecule has 184 valence electrons. The molecule has 1 aromatic heterocycles. The van der Waals surface area contributed by atoms with Gasteiger partial charge in [-0.1, -0.05) is 6.07 Å². The Morgan fingerprint density at radius 3 is 2.15 bits per heavy atom. The molecule has 0 aliphatic carbocycles. The van der Waals surface area contributed by atoms with Crippen LogP contribution in [0.5, 0.6) is 23.0 Å². The number of hydrogen-bond donors (Lipinski definition) is 3. The molecule has 5 N–H and O–H groups in total. The fraction of sp³-hybridized carbons (Fsp3) is 0.304. The molecule has 0 saturated heterocycles. The van der Waals surface area contributed by atoms with E-state index in [-0.39, 0.29) is 12.4 Å². The van der Waals surface area contributed by atoms with Crippen molar-refractivity contribution in [2.75, 3.05) is 33.8 Å². The summed E-state index contributed by atoms with van der Waals surface area (Å²) in [4.78, 5) is 13.4.